The third-order valence-electron chi connectivity index (χ3n) is 7.70. The molecule has 1 aliphatic rings. The Morgan fingerprint density at radius 1 is 0.939 bits per heavy atom. The van der Waals surface area contributed by atoms with Gasteiger partial charge in [-0.25, -0.2) is 9.59 Å². The Labute approximate surface area is 284 Å². The largest absolute Gasteiger partial charge is 0.481 e. The molecule has 1 saturated heterocycles. The summed E-state index contributed by atoms with van der Waals surface area (Å²) in [5.41, 5.74) is 6.12. The molecule has 8 N–H and O–H groups in total. The van der Waals surface area contributed by atoms with E-state index in [0.717, 1.165) is 0 Å². The molecule has 1 fully saturated rings. The summed E-state index contributed by atoms with van der Waals surface area (Å²) in [4.78, 5) is 98.5. The number of benzene rings is 1. The lowest BCUT2D eigenvalue weighted by atomic mass is 9.97. The van der Waals surface area contributed by atoms with Crippen molar-refractivity contribution in [2.24, 2.45) is 17.6 Å². The lowest BCUT2D eigenvalue weighted by Crippen LogP contribution is -2.54. The predicted octanol–water partition coefficient (Wildman–Crippen LogP) is 0.618. The lowest BCUT2D eigenvalue weighted by molar-refractivity contribution is -0.145. The molecule has 0 aromatic heterocycles. The molecule has 0 radical (unpaired) electrons. The molecule has 0 saturated carbocycles. The van der Waals surface area contributed by atoms with E-state index in [1.165, 1.54) is 11.8 Å². The first-order chi connectivity index (χ1) is 23.2. The van der Waals surface area contributed by atoms with Crippen molar-refractivity contribution in [1.82, 2.24) is 26.2 Å². The minimum Gasteiger partial charge on any atom is -0.481 e. The Morgan fingerprint density at radius 2 is 1.59 bits per heavy atom. The van der Waals surface area contributed by atoms with Gasteiger partial charge in [-0.3, -0.25) is 28.8 Å². The van der Waals surface area contributed by atoms with Crippen molar-refractivity contribution in [2.75, 3.05) is 31.5 Å². The van der Waals surface area contributed by atoms with E-state index < -0.39 is 53.8 Å². The van der Waals surface area contributed by atoms with Gasteiger partial charge in [-0.1, -0.05) is 26.0 Å². The number of carbonyl (C=O) groups is 8. The number of carbonyl (C=O) groups excluding carboxylic acids is 7. The van der Waals surface area contributed by atoms with Crippen LogP contribution in [0, 0.1) is 11.8 Å². The molecule has 17 heteroatoms. The maximum Gasteiger partial charge on any atom is 0.407 e. The van der Waals surface area contributed by atoms with E-state index in [9.17, 15) is 38.4 Å². The van der Waals surface area contributed by atoms with Crippen LogP contribution in [0.2, 0.25) is 0 Å². The smallest absolute Gasteiger partial charge is 0.407 e. The molecule has 1 aromatic rings. The van der Waals surface area contributed by atoms with Crippen LogP contribution < -0.4 is 32.3 Å². The zero-order valence-electron chi connectivity index (χ0n) is 28.0. The third kappa shape index (κ3) is 15.0. The van der Waals surface area contributed by atoms with E-state index in [0.29, 0.717) is 37.2 Å². The molecule has 1 aliphatic heterocycles. The first-order valence-corrected chi connectivity index (χ1v) is 16.1. The molecule has 0 bridgehead atoms. The monoisotopic (exact) mass is 689 g/mol. The molecule has 0 unspecified atom stereocenters. The fraction of sp³-hybridized carbons (Fsp3) is 0.562. The first kappa shape index (κ1) is 40.0. The van der Waals surface area contributed by atoms with Crippen LogP contribution in [0.1, 0.15) is 64.9 Å². The number of nitrogens with one attached hydrogen (secondary N) is 5. The van der Waals surface area contributed by atoms with Crippen molar-refractivity contribution in [3.63, 3.8) is 0 Å². The number of hydrogen-bond donors (Lipinski definition) is 7. The van der Waals surface area contributed by atoms with Crippen molar-refractivity contribution in [1.29, 1.82) is 0 Å². The minimum absolute atomic E-state index is 0.0779. The van der Waals surface area contributed by atoms with E-state index in [1.54, 1.807) is 38.1 Å². The fourth-order valence-corrected chi connectivity index (χ4v) is 4.89. The number of nitrogens with zero attached hydrogens (tertiary/aromatic N) is 1. The molecule has 17 nitrogen and oxygen atoms in total. The van der Waals surface area contributed by atoms with Gasteiger partial charge in [0.05, 0.1) is 12.5 Å². The van der Waals surface area contributed by atoms with E-state index >= 15 is 0 Å². The quantitative estimate of drug-likeness (QED) is 0.106. The highest BCUT2D eigenvalue weighted by Crippen LogP contribution is 2.18. The number of ketones is 1. The topological polar surface area (TPSA) is 255 Å². The number of hydrogen-bond acceptors (Lipinski definition) is 9. The normalized spacial score (nSPS) is 14.2. The van der Waals surface area contributed by atoms with Crippen LogP contribution in [0.3, 0.4) is 0 Å². The number of carboxylic acids is 1. The number of Topliss-reactive ketones (excluding diaryl/α,β-unsaturated/α-hetero) is 1. The first-order valence-electron chi connectivity index (χ1n) is 16.1. The number of aliphatic carboxylic acids is 1. The molecule has 270 valence electrons. The molecule has 2 atom stereocenters. The van der Waals surface area contributed by atoms with Gasteiger partial charge in [-0.05, 0) is 56.2 Å². The number of piperidine rings is 1. The number of nitrogens with two attached hydrogens (primary N) is 1. The van der Waals surface area contributed by atoms with Crippen molar-refractivity contribution >= 4 is 53.2 Å². The maximum absolute atomic E-state index is 13.4. The van der Waals surface area contributed by atoms with E-state index in [2.05, 4.69) is 26.6 Å². The van der Waals surface area contributed by atoms with Crippen LogP contribution in [0.25, 0.3) is 0 Å². The van der Waals surface area contributed by atoms with Crippen LogP contribution in [-0.2, 0) is 40.1 Å². The van der Waals surface area contributed by atoms with Gasteiger partial charge in [0, 0.05) is 38.2 Å². The van der Waals surface area contributed by atoms with Crippen LogP contribution >= 0.6 is 0 Å². The summed E-state index contributed by atoms with van der Waals surface area (Å²) in [5.74, 6) is -3.98. The third-order valence-corrected chi connectivity index (χ3v) is 7.70. The predicted molar refractivity (Wildman–Crippen MR) is 176 cm³/mol. The standard InChI is InChI=1S/C32H47N7O10/c1-19(2)27(38-25(41)10-11-26(42)39-15-12-22(13-16-39)30(45)46)29(44)37-24(5-4-14-34-31(33)47)28(43)36-23-8-6-21(7-9-23)18-49-32(48)35-17-20(3)40/h6-9,19,22,24,27H,4-5,10-18H2,1-3H3,(H,35,48)(H,36,43)(H,37,44)(H,38,41)(H,45,46)(H3,33,34,47)/t24-,27-/m0/s1. The van der Waals surface area contributed by atoms with E-state index in [-0.39, 0.29) is 63.0 Å². The molecule has 0 aliphatic carbocycles. The van der Waals surface area contributed by atoms with Crippen LogP contribution in [0.4, 0.5) is 15.3 Å². The summed E-state index contributed by atoms with van der Waals surface area (Å²) < 4.78 is 5.05. The summed E-state index contributed by atoms with van der Waals surface area (Å²) in [6.07, 6.45) is 0.0587. The highest BCUT2D eigenvalue weighted by atomic mass is 16.5. The highest BCUT2D eigenvalue weighted by molar-refractivity contribution is 5.98. The Balaban J connectivity index is 1.98. The maximum atomic E-state index is 13.4. The Bertz CT molecular complexity index is 1340. The Kier molecular flexibility index (Phi) is 16.5. The molecule has 49 heavy (non-hydrogen) atoms. The molecule has 1 aromatic carbocycles. The summed E-state index contributed by atoms with van der Waals surface area (Å²) in [6.45, 7) is 5.28. The number of alkyl carbamates (subject to hydrolysis) is 1. The van der Waals surface area contributed by atoms with Crippen LogP contribution in [-0.4, -0.2) is 95.8 Å². The van der Waals surface area contributed by atoms with Crippen molar-refractivity contribution in [2.45, 2.75) is 78.0 Å². The molecule has 0 spiro atoms. The van der Waals surface area contributed by atoms with Gasteiger partial charge in [0.2, 0.25) is 23.6 Å². The lowest BCUT2D eigenvalue weighted by Gasteiger charge is -2.30. The summed E-state index contributed by atoms with van der Waals surface area (Å²) in [6, 6.07) is 3.55. The molecular formula is C32H47N7O10. The second-order valence-electron chi connectivity index (χ2n) is 12.1. The number of ether oxygens (including phenoxy) is 1. The number of likely N-dealkylation sites (tertiary alicyclic amines) is 1. The van der Waals surface area contributed by atoms with Crippen LogP contribution in [0.5, 0.6) is 0 Å². The molecule has 1 heterocycles. The van der Waals surface area contributed by atoms with Gasteiger partial charge in [-0.2, -0.15) is 0 Å². The molecule has 7 amide bonds. The van der Waals surface area contributed by atoms with Crippen LogP contribution in [0.15, 0.2) is 24.3 Å². The number of urea groups is 1. The van der Waals surface area contributed by atoms with E-state index in [4.69, 9.17) is 15.6 Å². The van der Waals surface area contributed by atoms with E-state index in [1.807, 2.05) is 0 Å². The van der Waals surface area contributed by atoms with Gasteiger partial charge >= 0.3 is 18.1 Å². The van der Waals surface area contributed by atoms with Gasteiger partial charge < -0.3 is 47.1 Å². The zero-order chi connectivity index (χ0) is 36.5. The average molecular weight is 690 g/mol. The van der Waals surface area contributed by atoms with Gasteiger partial charge in [0.15, 0.2) is 0 Å². The SMILES string of the molecule is CC(=O)CNC(=O)OCc1ccc(NC(=O)[C@H](CCCNC(N)=O)NC(=O)[C@@H](NC(=O)CCC(=O)N2CCC(C(=O)O)CC2)C(C)C)cc1. The minimum atomic E-state index is -1.07. The highest BCUT2D eigenvalue weighted by Gasteiger charge is 2.30. The number of amides is 7. The zero-order valence-corrected chi connectivity index (χ0v) is 28.0. The molecular weight excluding hydrogens is 642 g/mol. The van der Waals surface area contributed by atoms with Crippen molar-refractivity contribution in [3.8, 4) is 0 Å². The average Bonchev–Trinajstić information content (AvgIpc) is 3.05. The fourth-order valence-electron chi connectivity index (χ4n) is 4.89. The number of rotatable bonds is 18. The Morgan fingerprint density at radius 3 is 2.16 bits per heavy atom. The summed E-state index contributed by atoms with van der Waals surface area (Å²) in [7, 11) is 0. The summed E-state index contributed by atoms with van der Waals surface area (Å²) in [5, 5.41) is 21.9. The second-order valence-corrected chi connectivity index (χ2v) is 12.1. The van der Waals surface area contributed by atoms with Crippen molar-refractivity contribution in [3.05, 3.63) is 29.8 Å². The van der Waals surface area contributed by atoms with Crippen molar-refractivity contribution < 1.29 is 48.2 Å². The second kappa shape index (κ2) is 20.2. The number of primary amides is 1. The molecule has 2 rings (SSSR count). The number of carboxylic acid groups (broad SMARTS) is 1. The van der Waals surface area contributed by atoms with Gasteiger partial charge in [-0.15, -0.1) is 0 Å². The summed E-state index contributed by atoms with van der Waals surface area (Å²) >= 11 is 0. The number of anilines is 1. The van der Waals surface area contributed by atoms with Gasteiger partial charge in [0.1, 0.15) is 24.5 Å². The Hall–Kier alpha value is -5.22. The van der Waals surface area contributed by atoms with Gasteiger partial charge in [0.25, 0.3) is 0 Å².